The van der Waals surface area contributed by atoms with E-state index < -0.39 is 22.0 Å². The van der Waals surface area contributed by atoms with Crippen LogP contribution in [0.5, 0.6) is 0 Å². The number of nitrogens with zero attached hydrogens (tertiary/aromatic N) is 1. The molecule has 0 bridgehead atoms. The maximum atomic E-state index is 11.3. The molecule has 0 radical (unpaired) electrons. The standard InChI is InChI=1S/C15H30N2O5S/c1-23(21,22)17(15(16)20)13-11-9-7-5-3-2-4-6-8-10-12-14(18)19/h2-13H2,1H3,(H2,16,20)(H,18,19). The molecule has 0 rings (SSSR count). The fraction of sp³-hybridized carbons (Fsp3) is 0.867. The molecule has 0 aliphatic carbocycles. The van der Waals surface area contributed by atoms with E-state index >= 15 is 0 Å². The summed E-state index contributed by atoms with van der Waals surface area (Å²) in [5, 5.41) is 8.50. The summed E-state index contributed by atoms with van der Waals surface area (Å²) in [6.45, 7) is 0.151. The van der Waals surface area contributed by atoms with Gasteiger partial charge in [-0.15, -0.1) is 0 Å². The van der Waals surface area contributed by atoms with E-state index in [0.717, 1.165) is 64.0 Å². The number of sulfonamides is 1. The van der Waals surface area contributed by atoms with Gasteiger partial charge in [0.05, 0.1) is 6.26 Å². The predicted octanol–water partition coefficient (Wildman–Crippen LogP) is 2.70. The van der Waals surface area contributed by atoms with Crippen LogP contribution >= 0.6 is 0 Å². The molecular weight excluding hydrogens is 320 g/mol. The second-order valence-electron chi connectivity index (χ2n) is 5.85. The monoisotopic (exact) mass is 350 g/mol. The van der Waals surface area contributed by atoms with E-state index in [9.17, 15) is 18.0 Å². The lowest BCUT2D eigenvalue weighted by molar-refractivity contribution is -0.137. The Morgan fingerprint density at radius 2 is 1.26 bits per heavy atom. The van der Waals surface area contributed by atoms with Gasteiger partial charge in [-0.25, -0.2) is 17.5 Å². The zero-order chi connectivity index (χ0) is 17.7. The maximum absolute atomic E-state index is 11.3. The van der Waals surface area contributed by atoms with E-state index in [4.69, 9.17) is 10.8 Å². The molecule has 0 atom stereocenters. The molecule has 0 aromatic heterocycles. The smallest absolute Gasteiger partial charge is 0.328 e. The van der Waals surface area contributed by atoms with Gasteiger partial charge in [0, 0.05) is 13.0 Å². The van der Waals surface area contributed by atoms with Crippen LogP contribution in [0.4, 0.5) is 4.79 Å². The number of carbonyl (C=O) groups is 2. The first-order chi connectivity index (χ1) is 10.7. The molecule has 136 valence electrons. The van der Waals surface area contributed by atoms with Gasteiger partial charge in [-0.1, -0.05) is 51.4 Å². The molecule has 0 saturated carbocycles. The highest BCUT2D eigenvalue weighted by atomic mass is 32.2. The first-order valence-corrected chi connectivity index (χ1v) is 10.1. The van der Waals surface area contributed by atoms with Gasteiger partial charge in [0.15, 0.2) is 0 Å². The lowest BCUT2D eigenvalue weighted by Crippen LogP contribution is -2.40. The molecule has 0 saturated heterocycles. The molecule has 7 nitrogen and oxygen atoms in total. The quantitative estimate of drug-likeness (QED) is 0.467. The lowest BCUT2D eigenvalue weighted by Gasteiger charge is -2.17. The summed E-state index contributed by atoms with van der Waals surface area (Å²) >= 11 is 0. The number of amides is 2. The number of rotatable bonds is 14. The number of nitrogens with two attached hydrogens (primary N) is 1. The van der Waals surface area contributed by atoms with Crippen molar-refractivity contribution in [3.63, 3.8) is 0 Å². The largest absolute Gasteiger partial charge is 0.481 e. The minimum absolute atomic E-state index is 0.151. The molecule has 0 spiro atoms. The van der Waals surface area contributed by atoms with Crippen LogP contribution in [0.15, 0.2) is 0 Å². The Hall–Kier alpha value is -1.31. The molecule has 0 aromatic carbocycles. The van der Waals surface area contributed by atoms with Crippen molar-refractivity contribution in [3.05, 3.63) is 0 Å². The Balaban J connectivity index is 3.46. The van der Waals surface area contributed by atoms with Gasteiger partial charge in [-0.3, -0.25) is 4.79 Å². The van der Waals surface area contributed by atoms with E-state index in [1.165, 1.54) is 0 Å². The van der Waals surface area contributed by atoms with Crippen LogP contribution in [0.1, 0.15) is 70.6 Å². The number of aliphatic carboxylic acids is 1. The molecule has 0 heterocycles. The number of carbonyl (C=O) groups excluding carboxylic acids is 1. The Kier molecular flexibility index (Phi) is 11.5. The number of primary amides is 1. The highest BCUT2D eigenvalue weighted by Gasteiger charge is 2.19. The Morgan fingerprint density at radius 3 is 1.61 bits per heavy atom. The first-order valence-electron chi connectivity index (χ1n) is 8.24. The van der Waals surface area contributed by atoms with Crippen LogP contribution in [0, 0.1) is 0 Å². The average molecular weight is 350 g/mol. The summed E-state index contributed by atoms with van der Waals surface area (Å²) in [6.07, 6.45) is 11.0. The fourth-order valence-electron chi connectivity index (χ4n) is 2.39. The van der Waals surface area contributed by atoms with Crippen molar-refractivity contribution in [1.82, 2.24) is 4.31 Å². The third-order valence-corrected chi connectivity index (χ3v) is 4.81. The Bertz CT molecular complexity index is 451. The van der Waals surface area contributed by atoms with Crippen molar-refractivity contribution in [2.24, 2.45) is 5.73 Å². The predicted molar refractivity (Wildman–Crippen MR) is 89.6 cm³/mol. The van der Waals surface area contributed by atoms with Crippen molar-refractivity contribution in [3.8, 4) is 0 Å². The zero-order valence-electron chi connectivity index (χ0n) is 14.0. The molecule has 0 aliphatic heterocycles. The normalized spacial score (nSPS) is 11.3. The van der Waals surface area contributed by atoms with E-state index in [0.29, 0.717) is 10.7 Å². The van der Waals surface area contributed by atoms with Crippen LogP contribution in [-0.2, 0) is 14.8 Å². The van der Waals surface area contributed by atoms with E-state index in [-0.39, 0.29) is 13.0 Å². The van der Waals surface area contributed by atoms with Gasteiger partial charge >= 0.3 is 12.0 Å². The molecule has 3 N–H and O–H groups in total. The lowest BCUT2D eigenvalue weighted by atomic mass is 10.1. The molecule has 0 aliphatic rings. The molecular formula is C15H30N2O5S. The summed E-state index contributed by atoms with van der Waals surface area (Å²) in [5.41, 5.74) is 5.05. The van der Waals surface area contributed by atoms with Crippen molar-refractivity contribution in [2.75, 3.05) is 12.8 Å². The van der Waals surface area contributed by atoms with Crippen molar-refractivity contribution >= 4 is 22.0 Å². The molecule has 2 amide bonds. The van der Waals surface area contributed by atoms with Crippen LogP contribution in [0.3, 0.4) is 0 Å². The van der Waals surface area contributed by atoms with Gasteiger partial charge in [0.1, 0.15) is 0 Å². The van der Waals surface area contributed by atoms with Gasteiger partial charge in [0.2, 0.25) is 10.0 Å². The molecule has 23 heavy (non-hydrogen) atoms. The zero-order valence-corrected chi connectivity index (χ0v) is 14.8. The second kappa shape index (κ2) is 12.2. The summed E-state index contributed by atoms with van der Waals surface area (Å²) in [4.78, 5) is 21.4. The molecule has 0 unspecified atom stereocenters. The molecule has 8 heteroatoms. The topological polar surface area (TPSA) is 118 Å². The SMILES string of the molecule is CS(=O)(=O)N(CCCCCCCCCCCCC(=O)O)C(N)=O. The number of carboxylic acid groups (broad SMARTS) is 1. The van der Waals surface area contributed by atoms with Gasteiger partial charge in [-0.05, 0) is 12.8 Å². The highest BCUT2D eigenvalue weighted by Crippen LogP contribution is 2.12. The minimum Gasteiger partial charge on any atom is -0.481 e. The number of urea groups is 1. The minimum atomic E-state index is -3.56. The maximum Gasteiger partial charge on any atom is 0.328 e. The Labute approximate surface area is 139 Å². The first kappa shape index (κ1) is 21.7. The average Bonchev–Trinajstić information content (AvgIpc) is 2.41. The van der Waals surface area contributed by atoms with Crippen LogP contribution in [-0.4, -0.2) is 42.6 Å². The van der Waals surface area contributed by atoms with Gasteiger partial charge < -0.3 is 10.8 Å². The van der Waals surface area contributed by atoms with Crippen molar-refractivity contribution in [1.29, 1.82) is 0 Å². The summed E-state index contributed by atoms with van der Waals surface area (Å²) in [7, 11) is -3.56. The highest BCUT2D eigenvalue weighted by molar-refractivity contribution is 7.88. The van der Waals surface area contributed by atoms with E-state index in [2.05, 4.69) is 0 Å². The number of hydrogen-bond acceptors (Lipinski definition) is 4. The number of unbranched alkanes of at least 4 members (excludes halogenated alkanes) is 9. The third-order valence-electron chi connectivity index (χ3n) is 3.65. The number of hydrogen-bond donors (Lipinski definition) is 2. The van der Waals surface area contributed by atoms with Crippen molar-refractivity contribution < 1.29 is 23.1 Å². The van der Waals surface area contributed by atoms with Crippen LogP contribution in [0.2, 0.25) is 0 Å². The molecule has 0 fully saturated rings. The van der Waals surface area contributed by atoms with Crippen molar-refractivity contribution in [2.45, 2.75) is 70.6 Å². The van der Waals surface area contributed by atoms with E-state index in [1.54, 1.807) is 0 Å². The van der Waals surface area contributed by atoms with E-state index in [1.807, 2.05) is 0 Å². The summed E-state index contributed by atoms with van der Waals surface area (Å²) < 4.78 is 23.3. The number of carboxylic acids is 1. The second-order valence-corrected chi connectivity index (χ2v) is 7.76. The van der Waals surface area contributed by atoms with Gasteiger partial charge in [0.25, 0.3) is 0 Å². The Morgan fingerprint density at radius 1 is 0.870 bits per heavy atom. The fourth-order valence-corrected chi connectivity index (χ4v) is 3.17. The van der Waals surface area contributed by atoms with Gasteiger partial charge in [-0.2, -0.15) is 0 Å². The summed E-state index contributed by atoms with van der Waals surface area (Å²) in [5.74, 6) is -0.726. The molecule has 0 aromatic rings. The van der Waals surface area contributed by atoms with Crippen LogP contribution in [0.25, 0.3) is 0 Å². The summed E-state index contributed by atoms with van der Waals surface area (Å²) in [6, 6.07) is -0.921. The van der Waals surface area contributed by atoms with Crippen LogP contribution < -0.4 is 5.73 Å². The third kappa shape index (κ3) is 12.9.